The molecule has 2 heterocycles. The first kappa shape index (κ1) is 17.4. The van der Waals surface area contributed by atoms with Crippen molar-refractivity contribution in [1.29, 1.82) is 0 Å². The molecule has 1 N–H and O–H groups in total. The molecule has 0 radical (unpaired) electrons. The Bertz CT molecular complexity index is 864. The number of nitrogens with zero attached hydrogens (tertiary/aromatic N) is 5. The third-order valence-corrected chi connectivity index (χ3v) is 4.47. The van der Waals surface area contributed by atoms with Crippen LogP contribution in [-0.4, -0.2) is 36.6 Å². The van der Waals surface area contributed by atoms with Crippen LogP contribution >= 0.6 is 23.1 Å². The lowest BCUT2D eigenvalue weighted by molar-refractivity contribution is -0.138. The van der Waals surface area contributed by atoms with E-state index in [1.54, 1.807) is 4.68 Å². The maximum atomic E-state index is 12.4. The van der Waals surface area contributed by atoms with E-state index >= 15 is 0 Å². The highest BCUT2D eigenvalue weighted by atomic mass is 32.2. The first-order valence-electron chi connectivity index (χ1n) is 6.72. The van der Waals surface area contributed by atoms with Crippen molar-refractivity contribution in [2.45, 2.75) is 11.3 Å². The van der Waals surface area contributed by atoms with Gasteiger partial charge >= 0.3 is 6.18 Å². The molecule has 0 bridgehead atoms. The van der Waals surface area contributed by atoms with E-state index in [1.807, 2.05) is 30.3 Å². The standard InChI is InChI=1S/C13H9F3N6OS2/c14-13(15,16)10-19-20-12(25-10)18-9(23)6-24-11-17-7-22(21-11)8-4-2-1-3-5-8/h1-5,7H,6H2,(H,18,20,23). The number of alkyl halides is 3. The van der Waals surface area contributed by atoms with Crippen molar-refractivity contribution < 1.29 is 18.0 Å². The Balaban J connectivity index is 1.54. The van der Waals surface area contributed by atoms with E-state index in [9.17, 15) is 18.0 Å². The molecule has 1 aromatic carbocycles. The van der Waals surface area contributed by atoms with Gasteiger partial charge in [0.05, 0.1) is 11.4 Å². The van der Waals surface area contributed by atoms with E-state index in [0.29, 0.717) is 5.16 Å². The van der Waals surface area contributed by atoms with Gasteiger partial charge in [-0.05, 0) is 12.1 Å². The molecule has 0 atom stereocenters. The van der Waals surface area contributed by atoms with Crippen molar-refractivity contribution in [2.24, 2.45) is 0 Å². The molecule has 0 unspecified atom stereocenters. The Hall–Kier alpha value is -2.47. The van der Waals surface area contributed by atoms with Crippen LogP contribution < -0.4 is 5.32 Å². The van der Waals surface area contributed by atoms with Crippen molar-refractivity contribution >= 4 is 34.1 Å². The molecule has 0 fully saturated rings. The SMILES string of the molecule is O=C(CSc1ncn(-c2ccccc2)n1)Nc1nnc(C(F)(F)F)s1. The highest BCUT2D eigenvalue weighted by Gasteiger charge is 2.35. The predicted octanol–water partition coefficient (Wildman–Crippen LogP) is 2.87. The number of thioether (sulfide) groups is 1. The fourth-order valence-corrected chi connectivity index (χ4v) is 2.92. The van der Waals surface area contributed by atoms with Crippen LogP contribution in [0.5, 0.6) is 0 Å². The number of hydrogen-bond acceptors (Lipinski definition) is 7. The van der Waals surface area contributed by atoms with E-state index in [4.69, 9.17) is 0 Å². The van der Waals surface area contributed by atoms with Crippen LogP contribution in [0.15, 0.2) is 41.8 Å². The second kappa shape index (κ2) is 7.19. The van der Waals surface area contributed by atoms with Gasteiger partial charge in [0.15, 0.2) is 0 Å². The first-order valence-corrected chi connectivity index (χ1v) is 8.52. The zero-order chi connectivity index (χ0) is 17.9. The summed E-state index contributed by atoms with van der Waals surface area (Å²) in [6, 6.07) is 9.29. The third-order valence-electron chi connectivity index (χ3n) is 2.74. The predicted molar refractivity (Wildman–Crippen MR) is 85.6 cm³/mol. The van der Waals surface area contributed by atoms with Gasteiger partial charge in [-0.15, -0.1) is 15.3 Å². The normalized spacial score (nSPS) is 11.5. The number of halogens is 3. The molecular weight excluding hydrogens is 377 g/mol. The number of benzene rings is 1. The van der Waals surface area contributed by atoms with E-state index in [0.717, 1.165) is 17.4 Å². The summed E-state index contributed by atoms with van der Waals surface area (Å²) in [5.74, 6) is -0.592. The van der Waals surface area contributed by atoms with Gasteiger partial charge in [0.25, 0.3) is 0 Å². The van der Waals surface area contributed by atoms with E-state index < -0.39 is 17.1 Å². The van der Waals surface area contributed by atoms with Crippen molar-refractivity contribution in [3.8, 4) is 5.69 Å². The van der Waals surface area contributed by atoms with Crippen LogP contribution in [0.4, 0.5) is 18.3 Å². The Morgan fingerprint density at radius 1 is 1.24 bits per heavy atom. The molecule has 3 aromatic rings. The summed E-state index contributed by atoms with van der Waals surface area (Å²) in [4.78, 5) is 15.9. The molecule has 0 aliphatic carbocycles. The summed E-state index contributed by atoms with van der Waals surface area (Å²) in [5, 5.41) is 11.8. The van der Waals surface area contributed by atoms with Crippen molar-refractivity contribution in [2.75, 3.05) is 11.1 Å². The van der Waals surface area contributed by atoms with E-state index in [-0.39, 0.29) is 22.2 Å². The fourth-order valence-electron chi connectivity index (χ4n) is 1.69. The summed E-state index contributed by atoms with van der Waals surface area (Å²) in [6.07, 6.45) is -3.07. The molecule has 0 spiro atoms. The van der Waals surface area contributed by atoms with Crippen LogP contribution in [0, 0.1) is 0 Å². The molecule has 7 nitrogen and oxygen atoms in total. The highest BCUT2D eigenvalue weighted by molar-refractivity contribution is 7.99. The van der Waals surface area contributed by atoms with Gasteiger partial charge in [-0.3, -0.25) is 10.1 Å². The fraction of sp³-hybridized carbons (Fsp3) is 0.154. The summed E-state index contributed by atoms with van der Waals surface area (Å²) >= 11 is 1.32. The van der Waals surface area contributed by atoms with Crippen molar-refractivity contribution in [3.05, 3.63) is 41.7 Å². The molecule has 1 amide bonds. The van der Waals surface area contributed by atoms with Crippen LogP contribution in [0.3, 0.4) is 0 Å². The lowest BCUT2D eigenvalue weighted by Crippen LogP contribution is -2.14. The Morgan fingerprint density at radius 3 is 2.68 bits per heavy atom. The number of hydrogen-bond donors (Lipinski definition) is 1. The number of carbonyl (C=O) groups is 1. The van der Waals surface area contributed by atoms with E-state index in [2.05, 4.69) is 25.6 Å². The van der Waals surface area contributed by atoms with Gasteiger partial charge in [-0.2, -0.15) is 13.2 Å². The minimum Gasteiger partial charge on any atom is -0.300 e. The van der Waals surface area contributed by atoms with Crippen molar-refractivity contribution in [3.63, 3.8) is 0 Å². The van der Waals surface area contributed by atoms with Gasteiger partial charge < -0.3 is 0 Å². The van der Waals surface area contributed by atoms with Gasteiger partial charge in [0.1, 0.15) is 6.33 Å². The molecule has 12 heteroatoms. The smallest absolute Gasteiger partial charge is 0.300 e. The molecule has 25 heavy (non-hydrogen) atoms. The second-order valence-corrected chi connectivity index (χ2v) is 6.47. The number of carbonyl (C=O) groups excluding carboxylic acids is 1. The third kappa shape index (κ3) is 4.54. The van der Waals surface area contributed by atoms with Crippen LogP contribution in [0.2, 0.25) is 0 Å². The molecule has 130 valence electrons. The minimum atomic E-state index is -4.58. The van der Waals surface area contributed by atoms with Gasteiger partial charge in [-0.1, -0.05) is 41.3 Å². The zero-order valence-electron chi connectivity index (χ0n) is 12.3. The van der Waals surface area contributed by atoms with Gasteiger partial charge in [0, 0.05) is 0 Å². The molecule has 0 aliphatic heterocycles. The lowest BCUT2D eigenvalue weighted by Gasteiger charge is -2.00. The molecule has 0 saturated carbocycles. The average Bonchev–Trinajstić information content (AvgIpc) is 3.23. The quantitative estimate of drug-likeness (QED) is 0.679. The lowest BCUT2D eigenvalue weighted by atomic mass is 10.3. The number of para-hydroxylation sites is 1. The average molecular weight is 386 g/mol. The topological polar surface area (TPSA) is 85.6 Å². The maximum Gasteiger partial charge on any atom is 0.445 e. The second-order valence-electron chi connectivity index (χ2n) is 4.55. The Morgan fingerprint density at radius 2 is 2.00 bits per heavy atom. The number of amides is 1. The number of anilines is 1. The summed E-state index contributed by atoms with van der Waals surface area (Å²) in [6.45, 7) is 0. The monoisotopic (exact) mass is 386 g/mol. The molecule has 2 aromatic heterocycles. The zero-order valence-corrected chi connectivity index (χ0v) is 13.9. The number of aromatic nitrogens is 5. The largest absolute Gasteiger partial charge is 0.445 e. The number of rotatable bonds is 5. The van der Waals surface area contributed by atoms with E-state index in [1.165, 1.54) is 6.33 Å². The molecule has 0 saturated heterocycles. The maximum absolute atomic E-state index is 12.4. The van der Waals surface area contributed by atoms with Crippen molar-refractivity contribution in [1.82, 2.24) is 25.0 Å². The first-order chi connectivity index (χ1) is 11.9. The van der Waals surface area contributed by atoms with Crippen LogP contribution in [0.1, 0.15) is 5.01 Å². The Kier molecular flexibility index (Phi) is 4.99. The molecule has 3 rings (SSSR count). The summed E-state index contributed by atoms with van der Waals surface area (Å²) in [5.41, 5.74) is 0.819. The highest BCUT2D eigenvalue weighted by Crippen LogP contribution is 2.33. The number of nitrogens with one attached hydrogen (secondary N) is 1. The minimum absolute atomic E-state index is 0.0697. The molecular formula is C13H9F3N6OS2. The molecule has 0 aliphatic rings. The van der Waals surface area contributed by atoms with Gasteiger partial charge in [-0.25, -0.2) is 9.67 Å². The summed E-state index contributed by atoms with van der Waals surface area (Å²) < 4.78 is 38.8. The van der Waals surface area contributed by atoms with Crippen LogP contribution in [-0.2, 0) is 11.0 Å². The summed E-state index contributed by atoms with van der Waals surface area (Å²) in [7, 11) is 0. The Labute approximate surface area is 147 Å². The van der Waals surface area contributed by atoms with Gasteiger partial charge in [0.2, 0.25) is 21.2 Å². The van der Waals surface area contributed by atoms with Crippen LogP contribution in [0.25, 0.3) is 5.69 Å².